The Labute approximate surface area is 128 Å². The molecule has 0 aliphatic carbocycles. The smallest absolute Gasteiger partial charge is 0.131 e. The lowest BCUT2D eigenvalue weighted by Gasteiger charge is -2.23. The average Bonchev–Trinajstić information content (AvgIpc) is 2.48. The minimum atomic E-state index is 0.182. The number of nitriles is 1. The molecule has 0 bridgehead atoms. The lowest BCUT2D eigenvalue weighted by atomic mass is 10.1. The third-order valence-electron chi connectivity index (χ3n) is 2.95. The summed E-state index contributed by atoms with van der Waals surface area (Å²) in [5.41, 5.74) is 3.13. The van der Waals surface area contributed by atoms with Crippen molar-refractivity contribution in [2.45, 2.75) is 0 Å². The molecule has 2 nitrogen and oxygen atoms in total. The van der Waals surface area contributed by atoms with Crippen LogP contribution >= 0.6 is 23.2 Å². The second kappa shape index (κ2) is 6.47. The molecule has 0 unspecified atom stereocenters. The Morgan fingerprint density at radius 2 is 1.60 bits per heavy atom. The van der Waals surface area contributed by atoms with Crippen LogP contribution in [0.4, 0.5) is 5.69 Å². The Hall–Kier alpha value is -1.95. The Morgan fingerprint density at radius 1 is 1.00 bits per heavy atom. The van der Waals surface area contributed by atoms with Crippen molar-refractivity contribution in [2.75, 3.05) is 11.9 Å². The molecule has 0 N–H and O–H groups in total. The summed E-state index contributed by atoms with van der Waals surface area (Å²) in [7, 11) is 1.90. The molecule has 4 heteroatoms. The molecular formula is C16H12Cl2N2. The van der Waals surface area contributed by atoms with Crippen LogP contribution in [0.5, 0.6) is 0 Å². The van der Waals surface area contributed by atoms with Crippen LogP contribution in [0.3, 0.4) is 0 Å². The zero-order valence-electron chi connectivity index (χ0n) is 10.8. The number of hydrogen-bond acceptors (Lipinski definition) is 2. The highest BCUT2D eigenvalue weighted by atomic mass is 35.5. The molecule has 0 heterocycles. The van der Waals surface area contributed by atoms with Gasteiger partial charge in [-0.15, -0.1) is 0 Å². The van der Waals surface area contributed by atoms with Crippen molar-refractivity contribution in [3.05, 3.63) is 70.2 Å². The maximum atomic E-state index is 8.84. The molecule has 2 aromatic rings. The molecule has 0 amide bonds. The fraction of sp³-hybridized carbons (Fsp3) is 0.0625. The van der Waals surface area contributed by atoms with Crippen molar-refractivity contribution in [1.82, 2.24) is 0 Å². The van der Waals surface area contributed by atoms with Crippen LogP contribution in [0.15, 0.2) is 59.1 Å². The summed E-state index contributed by atoms with van der Waals surface area (Å²) >= 11 is 12.1. The van der Waals surface area contributed by atoms with Gasteiger partial charge in [0.1, 0.15) is 4.49 Å². The molecular weight excluding hydrogens is 291 g/mol. The number of halogens is 2. The van der Waals surface area contributed by atoms with Gasteiger partial charge in [-0.05, 0) is 24.3 Å². The van der Waals surface area contributed by atoms with Crippen LogP contribution in [0.25, 0.3) is 5.70 Å². The van der Waals surface area contributed by atoms with Crippen molar-refractivity contribution in [3.8, 4) is 6.07 Å². The van der Waals surface area contributed by atoms with E-state index in [2.05, 4.69) is 6.07 Å². The molecule has 0 atom stereocenters. The Kier molecular flexibility index (Phi) is 4.68. The molecule has 100 valence electrons. The first-order chi connectivity index (χ1) is 9.63. The summed E-state index contributed by atoms with van der Waals surface area (Å²) in [6, 6.07) is 19.0. The molecule has 2 aromatic carbocycles. The lowest BCUT2D eigenvalue weighted by molar-refractivity contribution is 1.22. The lowest BCUT2D eigenvalue weighted by Crippen LogP contribution is -2.15. The van der Waals surface area contributed by atoms with Gasteiger partial charge in [0.15, 0.2) is 0 Å². The summed E-state index contributed by atoms with van der Waals surface area (Å²) in [6.45, 7) is 0. The van der Waals surface area contributed by atoms with Crippen LogP contribution in [0.1, 0.15) is 11.1 Å². The van der Waals surface area contributed by atoms with Crippen molar-refractivity contribution in [2.24, 2.45) is 0 Å². The van der Waals surface area contributed by atoms with E-state index in [0.29, 0.717) is 11.3 Å². The van der Waals surface area contributed by atoms with E-state index in [0.717, 1.165) is 11.3 Å². The highest BCUT2D eigenvalue weighted by Crippen LogP contribution is 2.30. The third-order valence-corrected chi connectivity index (χ3v) is 3.30. The fourth-order valence-corrected chi connectivity index (χ4v) is 2.38. The molecule has 0 aliphatic heterocycles. The molecule has 0 radical (unpaired) electrons. The Morgan fingerprint density at radius 3 is 2.10 bits per heavy atom. The summed E-state index contributed by atoms with van der Waals surface area (Å²) in [5, 5.41) is 8.84. The fourth-order valence-electron chi connectivity index (χ4n) is 1.91. The van der Waals surface area contributed by atoms with Gasteiger partial charge in [0, 0.05) is 18.3 Å². The van der Waals surface area contributed by atoms with E-state index in [1.54, 1.807) is 12.1 Å². The number of anilines is 1. The zero-order chi connectivity index (χ0) is 14.5. The van der Waals surface area contributed by atoms with Crippen LogP contribution in [0, 0.1) is 11.3 Å². The van der Waals surface area contributed by atoms with Crippen LogP contribution in [-0.2, 0) is 0 Å². The Balaban J connectivity index is 2.43. The normalized spacial score (nSPS) is 9.70. The monoisotopic (exact) mass is 302 g/mol. The molecule has 2 rings (SSSR count). The van der Waals surface area contributed by atoms with Gasteiger partial charge in [-0.2, -0.15) is 5.26 Å². The number of hydrogen-bond donors (Lipinski definition) is 0. The van der Waals surface area contributed by atoms with Gasteiger partial charge >= 0.3 is 0 Å². The molecule has 0 saturated carbocycles. The van der Waals surface area contributed by atoms with E-state index in [4.69, 9.17) is 28.5 Å². The minimum absolute atomic E-state index is 0.182. The maximum Gasteiger partial charge on any atom is 0.131 e. The van der Waals surface area contributed by atoms with E-state index in [-0.39, 0.29) is 4.49 Å². The van der Waals surface area contributed by atoms with Crippen LogP contribution in [0.2, 0.25) is 0 Å². The Bertz CT molecular complexity index is 651. The first-order valence-corrected chi connectivity index (χ1v) is 6.73. The largest absolute Gasteiger partial charge is 0.342 e. The minimum Gasteiger partial charge on any atom is -0.342 e. The summed E-state index contributed by atoms with van der Waals surface area (Å²) in [4.78, 5) is 1.91. The number of benzene rings is 2. The van der Waals surface area contributed by atoms with Gasteiger partial charge in [0.05, 0.1) is 17.3 Å². The number of nitrogens with zero attached hydrogens (tertiary/aromatic N) is 2. The second-order valence-electron chi connectivity index (χ2n) is 4.19. The van der Waals surface area contributed by atoms with Gasteiger partial charge in [0.2, 0.25) is 0 Å². The van der Waals surface area contributed by atoms with E-state index in [9.17, 15) is 0 Å². The van der Waals surface area contributed by atoms with E-state index in [1.807, 2.05) is 54.4 Å². The molecule has 0 fully saturated rings. The average molecular weight is 303 g/mol. The quantitative estimate of drug-likeness (QED) is 0.814. The van der Waals surface area contributed by atoms with Crippen molar-refractivity contribution in [3.63, 3.8) is 0 Å². The third kappa shape index (κ3) is 3.14. The first-order valence-electron chi connectivity index (χ1n) is 5.98. The van der Waals surface area contributed by atoms with Gasteiger partial charge < -0.3 is 4.90 Å². The number of para-hydroxylation sites is 1. The predicted molar refractivity (Wildman–Crippen MR) is 84.6 cm³/mol. The van der Waals surface area contributed by atoms with Crippen molar-refractivity contribution >= 4 is 34.6 Å². The zero-order valence-corrected chi connectivity index (χ0v) is 12.4. The topological polar surface area (TPSA) is 27.0 Å². The molecule has 0 aliphatic rings. The van der Waals surface area contributed by atoms with Crippen molar-refractivity contribution < 1.29 is 0 Å². The standard InChI is InChI=1S/C16H12Cl2N2/c1-20(14-5-3-2-4-6-14)15(16(17)18)13-9-7-12(11-19)8-10-13/h2-10H,1H3. The van der Waals surface area contributed by atoms with Crippen LogP contribution in [-0.4, -0.2) is 7.05 Å². The predicted octanol–water partition coefficient (Wildman–Crippen LogP) is 4.80. The highest BCUT2D eigenvalue weighted by Gasteiger charge is 2.13. The van der Waals surface area contributed by atoms with Gasteiger partial charge in [-0.25, -0.2) is 0 Å². The van der Waals surface area contributed by atoms with E-state index < -0.39 is 0 Å². The molecule has 0 saturated heterocycles. The second-order valence-corrected chi connectivity index (χ2v) is 5.14. The van der Waals surface area contributed by atoms with Gasteiger partial charge in [0.25, 0.3) is 0 Å². The van der Waals surface area contributed by atoms with E-state index >= 15 is 0 Å². The summed E-state index contributed by atoms with van der Waals surface area (Å²) in [5.74, 6) is 0. The first kappa shape index (κ1) is 14.5. The maximum absolute atomic E-state index is 8.84. The highest BCUT2D eigenvalue weighted by molar-refractivity contribution is 6.58. The number of rotatable bonds is 3. The summed E-state index contributed by atoms with van der Waals surface area (Å²) < 4.78 is 0.182. The SMILES string of the molecule is CN(C(=C(Cl)Cl)c1ccc(C#N)cc1)c1ccccc1. The van der Waals surface area contributed by atoms with E-state index in [1.165, 1.54) is 0 Å². The molecule has 0 aromatic heterocycles. The van der Waals surface area contributed by atoms with Crippen molar-refractivity contribution in [1.29, 1.82) is 5.26 Å². The van der Waals surface area contributed by atoms with Gasteiger partial charge in [-0.3, -0.25) is 0 Å². The molecule has 20 heavy (non-hydrogen) atoms. The molecule has 0 spiro atoms. The van der Waals surface area contributed by atoms with Crippen LogP contribution < -0.4 is 4.90 Å². The van der Waals surface area contributed by atoms with Gasteiger partial charge in [-0.1, -0.05) is 53.5 Å². The summed E-state index contributed by atoms with van der Waals surface area (Å²) in [6.07, 6.45) is 0.